The molecule has 2 heterocycles. The number of carbonyl (C=O) groups is 1. The van der Waals surface area contributed by atoms with Crippen LogP contribution in [0.2, 0.25) is 10.0 Å². The minimum absolute atomic E-state index is 0.129. The Morgan fingerprint density at radius 1 is 1.30 bits per heavy atom. The highest BCUT2D eigenvalue weighted by molar-refractivity contribution is 6.32. The van der Waals surface area contributed by atoms with E-state index in [9.17, 15) is 4.79 Å². The van der Waals surface area contributed by atoms with Crippen LogP contribution in [-0.2, 0) is 11.2 Å². The molecule has 0 radical (unpaired) electrons. The second kappa shape index (κ2) is 6.54. The van der Waals surface area contributed by atoms with Crippen LogP contribution >= 0.6 is 23.2 Å². The Bertz CT molecular complexity index is 618. The molecule has 0 fully saturated rings. The van der Waals surface area contributed by atoms with Gasteiger partial charge in [-0.3, -0.25) is 9.78 Å². The number of aromatic nitrogens is 2. The van der Waals surface area contributed by atoms with Crippen LogP contribution in [0.4, 0.5) is 5.82 Å². The predicted molar refractivity (Wildman–Crippen MR) is 77.4 cm³/mol. The molecule has 0 atom stereocenters. The summed E-state index contributed by atoms with van der Waals surface area (Å²) in [6, 6.07) is 4.92. The maximum atomic E-state index is 11.9. The second-order valence-electron chi connectivity index (χ2n) is 3.90. The Balaban J connectivity index is 2.02. The smallest absolute Gasteiger partial charge is 0.231 e. The van der Waals surface area contributed by atoms with E-state index in [4.69, 9.17) is 27.9 Å². The van der Waals surface area contributed by atoms with Gasteiger partial charge in [-0.05, 0) is 12.1 Å². The Labute approximate surface area is 125 Å². The number of hydrogen-bond donors (Lipinski definition) is 1. The second-order valence-corrected chi connectivity index (χ2v) is 4.74. The Hall–Kier alpha value is -1.85. The Kier molecular flexibility index (Phi) is 4.76. The first-order chi connectivity index (χ1) is 9.58. The fourth-order valence-corrected chi connectivity index (χ4v) is 1.80. The van der Waals surface area contributed by atoms with E-state index in [0.717, 1.165) is 0 Å². The molecule has 2 rings (SSSR count). The zero-order valence-corrected chi connectivity index (χ0v) is 12.1. The molecule has 0 spiro atoms. The topological polar surface area (TPSA) is 64.1 Å². The maximum absolute atomic E-state index is 11.9. The van der Waals surface area contributed by atoms with Crippen molar-refractivity contribution in [3.8, 4) is 5.75 Å². The third-order valence-electron chi connectivity index (χ3n) is 2.44. The van der Waals surface area contributed by atoms with E-state index >= 15 is 0 Å². The molecular weight excluding hydrogens is 301 g/mol. The Morgan fingerprint density at radius 3 is 2.75 bits per heavy atom. The van der Waals surface area contributed by atoms with Gasteiger partial charge in [-0.2, -0.15) is 0 Å². The van der Waals surface area contributed by atoms with Crippen molar-refractivity contribution in [2.45, 2.75) is 6.42 Å². The zero-order chi connectivity index (χ0) is 14.5. The van der Waals surface area contributed by atoms with Crippen molar-refractivity contribution in [1.29, 1.82) is 0 Å². The average molecular weight is 312 g/mol. The number of anilines is 1. The number of rotatable bonds is 4. The SMILES string of the molecule is COc1cc(NC(=O)Cc2ccc(Cl)cn2)ncc1Cl. The number of nitrogens with zero attached hydrogens (tertiary/aromatic N) is 2. The number of methoxy groups -OCH3 is 1. The maximum Gasteiger partial charge on any atom is 0.231 e. The quantitative estimate of drug-likeness (QED) is 0.942. The van der Waals surface area contributed by atoms with E-state index in [0.29, 0.717) is 27.3 Å². The molecule has 1 amide bonds. The summed E-state index contributed by atoms with van der Waals surface area (Å²) in [6.45, 7) is 0. The first kappa shape index (κ1) is 14.6. The molecule has 2 aromatic rings. The highest BCUT2D eigenvalue weighted by Gasteiger charge is 2.08. The van der Waals surface area contributed by atoms with Crippen LogP contribution in [0.5, 0.6) is 5.75 Å². The van der Waals surface area contributed by atoms with Crippen LogP contribution in [-0.4, -0.2) is 23.0 Å². The van der Waals surface area contributed by atoms with E-state index in [-0.39, 0.29) is 12.3 Å². The lowest BCUT2D eigenvalue weighted by atomic mass is 10.2. The Morgan fingerprint density at radius 2 is 2.10 bits per heavy atom. The summed E-state index contributed by atoms with van der Waals surface area (Å²) >= 11 is 11.6. The summed E-state index contributed by atoms with van der Waals surface area (Å²) in [5.74, 6) is 0.573. The van der Waals surface area contributed by atoms with Gasteiger partial charge in [-0.15, -0.1) is 0 Å². The first-order valence-electron chi connectivity index (χ1n) is 5.68. The highest BCUT2D eigenvalue weighted by Crippen LogP contribution is 2.25. The van der Waals surface area contributed by atoms with Crippen molar-refractivity contribution < 1.29 is 9.53 Å². The number of halogens is 2. The summed E-state index contributed by atoms with van der Waals surface area (Å²) in [5, 5.41) is 3.55. The van der Waals surface area contributed by atoms with E-state index < -0.39 is 0 Å². The molecule has 5 nitrogen and oxygen atoms in total. The molecule has 0 aromatic carbocycles. The van der Waals surface area contributed by atoms with E-state index in [2.05, 4.69) is 15.3 Å². The van der Waals surface area contributed by atoms with Crippen LogP contribution in [0, 0.1) is 0 Å². The molecule has 7 heteroatoms. The fourth-order valence-electron chi connectivity index (χ4n) is 1.51. The van der Waals surface area contributed by atoms with Crippen LogP contribution < -0.4 is 10.1 Å². The summed E-state index contributed by atoms with van der Waals surface area (Å²) in [4.78, 5) is 19.9. The summed E-state index contributed by atoms with van der Waals surface area (Å²) < 4.78 is 5.05. The predicted octanol–water partition coefficient (Wildman–Crippen LogP) is 2.97. The number of carbonyl (C=O) groups excluding carboxylic acids is 1. The molecule has 2 aromatic heterocycles. The standard InChI is InChI=1S/C13H11Cl2N3O2/c1-20-11-5-12(17-7-10(11)15)18-13(19)4-9-3-2-8(14)6-16-9/h2-3,5-7H,4H2,1H3,(H,17,18,19). The number of pyridine rings is 2. The molecular formula is C13H11Cl2N3O2. The zero-order valence-electron chi connectivity index (χ0n) is 10.6. The normalized spacial score (nSPS) is 10.2. The lowest BCUT2D eigenvalue weighted by molar-refractivity contribution is -0.115. The lowest BCUT2D eigenvalue weighted by Gasteiger charge is -2.07. The average Bonchev–Trinajstić information content (AvgIpc) is 2.43. The van der Waals surface area contributed by atoms with Gasteiger partial charge in [0.1, 0.15) is 16.6 Å². The largest absolute Gasteiger partial charge is 0.495 e. The number of ether oxygens (including phenoxy) is 1. The molecule has 0 aliphatic carbocycles. The van der Waals surface area contributed by atoms with Gasteiger partial charge in [0, 0.05) is 18.0 Å². The minimum Gasteiger partial charge on any atom is -0.495 e. The van der Waals surface area contributed by atoms with Crippen LogP contribution in [0.3, 0.4) is 0 Å². The van der Waals surface area contributed by atoms with Crippen molar-refractivity contribution in [1.82, 2.24) is 9.97 Å². The van der Waals surface area contributed by atoms with Crippen molar-refractivity contribution in [3.63, 3.8) is 0 Å². The molecule has 20 heavy (non-hydrogen) atoms. The van der Waals surface area contributed by atoms with Crippen LogP contribution in [0.1, 0.15) is 5.69 Å². The van der Waals surface area contributed by atoms with Crippen molar-refractivity contribution in [2.24, 2.45) is 0 Å². The number of nitrogens with one attached hydrogen (secondary N) is 1. The third-order valence-corrected chi connectivity index (χ3v) is 2.95. The molecule has 0 saturated carbocycles. The lowest BCUT2D eigenvalue weighted by Crippen LogP contribution is -2.16. The van der Waals surface area contributed by atoms with E-state index in [1.165, 1.54) is 19.5 Å². The fraction of sp³-hybridized carbons (Fsp3) is 0.154. The molecule has 104 valence electrons. The van der Waals surface area contributed by atoms with Gasteiger partial charge in [-0.1, -0.05) is 23.2 Å². The molecule has 0 aliphatic heterocycles. The monoisotopic (exact) mass is 311 g/mol. The molecule has 0 aliphatic rings. The van der Waals surface area contributed by atoms with Gasteiger partial charge in [0.15, 0.2) is 0 Å². The number of hydrogen-bond acceptors (Lipinski definition) is 4. The van der Waals surface area contributed by atoms with Crippen LogP contribution in [0.25, 0.3) is 0 Å². The first-order valence-corrected chi connectivity index (χ1v) is 6.44. The molecule has 1 N–H and O–H groups in total. The molecule has 0 saturated heterocycles. The highest BCUT2D eigenvalue weighted by atomic mass is 35.5. The summed E-state index contributed by atoms with van der Waals surface area (Å²) in [7, 11) is 1.49. The molecule has 0 bridgehead atoms. The van der Waals surface area contributed by atoms with Crippen molar-refractivity contribution in [3.05, 3.63) is 46.3 Å². The minimum atomic E-state index is -0.239. The van der Waals surface area contributed by atoms with Crippen molar-refractivity contribution >= 4 is 34.9 Å². The van der Waals surface area contributed by atoms with Crippen molar-refractivity contribution in [2.75, 3.05) is 12.4 Å². The molecule has 0 unspecified atom stereocenters. The summed E-state index contributed by atoms with van der Waals surface area (Å²) in [6.07, 6.45) is 3.04. The van der Waals surface area contributed by atoms with Gasteiger partial charge >= 0.3 is 0 Å². The summed E-state index contributed by atoms with van der Waals surface area (Å²) in [5.41, 5.74) is 0.618. The van der Waals surface area contributed by atoms with Gasteiger partial charge < -0.3 is 10.1 Å². The van der Waals surface area contributed by atoms with Gasteiger partial charge in [-0.25, -0.2) is 4.98 Å². The van der Waals surface area contributed by atoms with Gasteiger partial charge in [0.2, 0.25) is 5.91 Å². The van der Waals surface area contributed by atoms with Gasteiger partial charge in [0.05, 0.1) is 24.8 Å². The van der Waals surface area contributed by atoms with Gasteiger partial charge in [0.25, 0.3) is 0 Å². The van der Waals surface area contributed by atoms with Crippen LogP contribution in [0.15, 0.2) is 30.6 Å². The van der Waals surface area contributed by atoms with E-state index in [1.807, 2.05) is 0 Å². The van der Waals surface area contributed by atoms with E-state index in [1.54, 1.807) is 18.2 Å². The number of amides is 1. The third kappa shape index (κ3) is 3.82.